The molecule has 3 N–H and O–H groups in total. The molecule has 1 aliphatic carbocycles. The van der Waals surface area contributed by atoms with Crippen LogP contribution < -0.4 is 10.6 Å². The number of pyridine rings is 1. The van der Waals surface area contributed by atoms with Crippen molar-refractivity contribution in [2.24, 2.45) is 17.6 Å². The number of aromatic nitrogens is 2. The molecule has 166 valence electrons. The number of nitrogens with one attached hydrogen (secondary N) is 1. The van der Waals surface area contributed by atoms with E-state index in [1.807, 2.05) is 6.07 Å². The van der Waals surface area contributed by atoms with E-state index >= 15 is 0 Å². The van der Waals surface area contributed by atoms with Crippen LogP contribution >= 0.6 is 0 Å². The molecule has 2 aliphatic rings. The summed E-state index contributed by atoms with van der Waals surface area (Å²) in [4.78, 5) is 35.0. The van der Waals surface area contributed by atoms with Crippen molar-refractivity contribution in [2.45, 2.75) is 25.4 Å². The Morgan fingerprint density at radius 3 is 2.58 bits per heavy atom. The predicted octanol–water partition coefficient (Wildman–Crippen LogP) is 2.69. The number of nitrogens with two attached hydrogens (primary N) is 1. The van der Waals surface area contributed by atoms with Crippen LogP contribution in [-0.2, 0) is 9.59 Å². The van der Waals surface area contributed by atoms with E-state index in [0.717, 1.165) is 16.6 Å². The van der Waals surface area contributed by atoms with Crippen LogP contribution in [0.4, 0.5) is 18.9 Å². The first-order valence-corrected chi connectivity index (χ1v) is 10.3. The quantitative estimate of drug-likeness (QED) is 0.722. The molecule has 7 nitrogen and oxygen atoms in total. The second-order valence-electron chi connectivity index (χ2n) is 8.13. The molecule has 1 aliphatic heterocycles. The van der Waals surface area contributed by atoms with Gasteiger partial charge in [0.25, 0.3) is 0 Å². The summed E-state index contributed by atoms with van der Waals surface area (Å²) >= 11 is 0. The van der Waals surface area contributed by atoms with Gasteiger partial charge in [-0.3, -0.25) is 9.59 Å². The first-order chi connectivity index (χ1) is 14.7. The molecule has 0 unspecified atom stereocenters. The second kappa shape index (κ2) is 8.24. The number of hydrogen-bond donors (Lipinski definition) is 2. The van der Waals surface area contributed by atoms with Crippen molar-refractivity contribution < 1.29 is 22.8 Å². The Kier molecular flexibility index (Phi) is 5.63. The lowest BCUT2D eigenvalue weighted by atomic mass is 10.0. The molecule has 1 saturated heterocycles. The fourth-order valence-corrected chi connectivity index (χ4v) is 4.44. The minimum absolute atomic E-state index is 0.0365. The number of H-pyrrole nitrogens is 1. The smallest absolute Gasteiger partial charge is 0.367 e. The zero-order chi connectivity index (χ0) is 22.2. The zero-order valence-electron chi connectivity index (χ0n) is 16.9. The van der Waals surface area contributed by atoms with Gasteiger partial charge in [-0.05, 0) is 31.4 Å². The van der Waals surface area contributed by atoms with Gasteiger partial charge in [0.05, 0.1) is 17.8 Å². The number of carbonyl (C=O) groups is 2. The van der Waals surface area contributed by atoms with Gasteiger partial charge >= 0.3 is 6.18 Å². The Labute approximate surface area is 177 Å². The van der Waals surface area contributed by atoms with Crippen molar-refractivity contribution in [1.29, 1.82) is 0 Å². The van der Waals surface area contributed by atoms with Gasteiger partial charge in [0.1, 0.15) is 5.65 Å². The van der Waals surface area contributed by atoms with E-state index in [1.54, 1.807) is 23.4 Å². The van der Waals surface area contributed by atoms with Crippen molar-refractivity contribution in [1.82, 2.24) is 14.9 Å². The molecule has 0 bridgehead atoms. The van der Waals surface area contributed by atoms with Crippen LogP contribution in [0.1, 0.15) is 24.8 Å². The second-order valence-corrected chi connectivity index (χ2v) is 8.13. The van der Waals surface area contributed by atoms with Gasteiger partial charge in [-0.25, -0.2) is 4.98 Å². The van der Waals surface area contributed by atoms with E-state index < -0.39 is 23.9 Å². The standard InChI is InChI=1S/C21H24F3N5O2/c22-21(23,24)15-3-1-13(9-15)20(31)29-7-5-28(6-8-29)16-10-17-14(2-4-18(25)30)11-26-19(17)27-12-16/h2,4,10-13,15H,1,3,5-9H2,(H2,25,30)(H,26,27)/b4-2+/t13-,15-/m1/s1. The number of hydrogen-bond acceptors (Lipinski definition) is 4. The van der Waals surface area contributed by atoms with Crippen molar-refractivity contribution in [3.05, 3.63) is 30.1 Å². The number of piperazine rings is 1. The van der Waals surface area contributed by atoms with Crippen molar-refractivity contribution >= 4 is 34.6 Å². The third kappa shape index (κ3) is 4.52. The Balaban J connectivity index is 1.40. The summed E-state index contributed by atoms with van der Waals surface area (Å²) in [6, 6.07) is 1.96. The summed E-state index contributed by atoms with van der Waals surface area (Å²) < 4.78 is 38.7. The van der Waals surface area contributed by atoms with Crippen LogP contribution in [0.15, 0.2) is 24.5 Å². The summed E-state index contributed by atoms with van der Waals surface area (Å²) in [6.07, 6.45) is 2.41. The molecule has 2 aromatic rings. The fourth-order valence-electron chi connectivity index (χ4n) is 4.44. The Hall–Kier alpha value is -3.04. The molecule has 2 amide bonds. The summed E-state index contributed by atoms with van der Waals surface area (Å²) in [5, 5.41) is 0.845. The molecule has 2 atom stereocenters. The highest BCUT2D eigenvalue weighted by Crippen LogP contribution is 2.42. The van der Waals surface area contributed by atoms with E-state index in [2.05, 4.69) is 14.9 Å². The van der Waals surface area contributed by atoms with Gasteiger partial charge in [-0.2, -0.15) is 13.2 Å². The van der Waals surface area contributed by atoms with Gasteiger partial charge in [0.15, 0.2) is 0 Å². The van der Waals surface area contributed by atoms with E-state index in [-0.39, 0.29) is 18.7 Å². The highest BCUT2D eigenvalue weighted by atomic mass is 19.4. The van der Waals surface area contributed by atoms with Crippen LogP contribution in [0.25, 0.3) is 17.1 Å². The van der Waals surface area contributed by atoms with Crippen LogP contribution in [-0.4, -0.2) is 59.0 Å². The molecule has 2 aromatic heterocycles. The van der Waals surface area contributed by atoms with E-state index in [0.29, 0.717) is 38.2 Å². The summed E-state index contributed by atoms with van der Waals surface area (Å²) in [5.41, 5.74) is 7.52. The van der Waals surface area contributed by atoms with Crippen LogP contribution in [0.3, 0.4) is 0 Å². The lowest BCUT2D eigenvalue weighted by molar-refractivity contribution is -0.173. The van der Waals surface area contributed by atoms with Crippen LogP contribution in [0.2, 0.25) is 0 Å². The number of anilines is 1. The Bertz CT molecular complexity index is 1010. The van der Waals surface area contributed by atoms with E-state index in [9.17, 15) is 22.8 Å². The maximum atomic E-state index is 12.9. The first kappa shape index (κ1) is 21.2. The number of alkyl halides is 3. The largest absolute Gasteiger partial charge is 0.391 e. The molecular formula is C21H24F3N5O2. The average molecular weight is 435 g/mol. The molecule has 10 heteroatoms. The molecule has 31 heavy (non-hydrogen) atoms. The number of primary amides is 1. The number of rotatable bonds is 4. The Morgan fingerprint density at radius 2 is 1.94 bits per heavy atom. The van der Waals surface area contributed by atoms with Crippen molar-refractivity contribution in [2.75, 3.05) is 31.1 Å². The molecule has 1 saturated carbocycles. The Morgan fingerprint density at radius 1 is 1.19 bits per heavy atom. The van der Waals surface area contributed by atoms with E-state index in [4.69, 9.17) is 5.73 Å². The zero-order valence-corrected chi connectivity index (χ0v) is 16.9. The summed E-state index contributed by atoms with van der Waals surface area (Å²) in [7, 11) is 0. The molecule has 4 rings (SSSR count). The first-order valence-electron chi connectivity index (χ1n) is 10.3. The predicted molar refractivity (Wildman–Crippen MR) is 110 cm³/mol. The average Bonchev–Trinajstić information content (AvgIpc) is 3.39. The molecular weight excluding hydrogens is 411 g/mol. The molecule has 3 heterocycles. The maximum absolute atomic E-state index is 12.9. The summed E-state index contributed by atoms with van der Waals surface area (Å²) in [5.74, 6) is -2.59. The van der Waals surface area contributed by atoms with Gasteiger partial charge in [-0.15, -0.1) is 0 Å². The highest BCUT2D eigenvalue weighted by Gasteiger charge is 2.46. The molecule has 0 spiro atoms. The normalized spacial score (nSPS) is 22.5. The minimum Gasteiger partial charge on any atom is -0.367 e. The SMILES string of the molecule is NC(=O)/C=C/c1c[nH]c2ncc(N3CCN(C(=O)[C@@H]4CC[C@@H](C(F)(F)F)C4)CC3)cc12. The fraction of sp³-hybridized carbons (Fsp3) is 0.476. The van der Waals surface area contributed by atoms with Gasteiger partial charge in [0, 0.05) is 55.3 Å². The number of carbonyl (C=O) groups excluding carboxylic acids is 2. The maximum Gasteiger partial charge on any atom is 0.391 e. The highest BCUT2D eigenvalue weighted by molar-refractivity contribution is 5.95. The molecule has 2 fully saturated rings. The number of fused-ring (bicyclic) bond motifs is 1. The van der Waals surface area contributed by atoms with Crippen LogP contribution in [0, 0.1) is 11.8 Å². The van der Waals surface area contributed by atoms with Gasteiger partial charge in [0.2, 0.25) is 11.8 Å². The van der Waals surface area contributed by atoms with Crippen molar-refractivity contribution in [3.8, 4) is 0 Å². The van der Waals surface area contributed by atoms with Gasteiger partial charge < -0.3 is 20.5 Å². The lowest BCUT2D eigenvalue weighted by Crippen LogP contribution is -2.50. The van der Waals surface area contributed by atoms with E-state index in [1.165, 1.54) is 6.08 Å². The minimum atomic E-state index is -4.22. The topological polar surface area (TPSA) is 95.3 Å². The molecule has 0 radical (unpaired) electrons. The van der Waals surface area contributed by atoms with Crippen LogP contribution in [0.5, 0.6) is 0 Å². The lowest BCUT2D eigenvalue weighted by Gasteiger charge is -2.37. The monoisotopic (exact) mass is 435 g/mol. The third-order valence-corrected chi connectivity index (χ3v) is 6.18. The molecule has 0 aromatic carbocycles. The van der Waals surface area contributed by atoms with Crippen molar-refractivity contribution in [3.63, 3.8) is 0 Å². The third-order valence-electron chi connectivity index (χ3n) is 6.18. The number of halogens is 3. The number of amides is 2. The number of nitrogens with zero attached hydrogens (tertiary/aromatic N) is 3. The number of aromatic amines is 1. The van der Waals surface area contributed by atoms with Gasteiger partial charge in [-0.1, -0.05) is 0 Å². The summed E-state index contributed by atoms with van der Waals surface area (Å²) in [6.45, 7) is 2.08.